The molecule has 3 aromatic rings. The lowest BCUT2D eigenvalue weighted by Gasteiger charge is -2.18. The normalized spacial score (nSPS) is 16.1. The molecule has 4 rings (SSSR count). The lowest BCUT2D eigenvalue weighted by atomic mass is 9.95. The molecule has 0 aliphatic carbocycles. The molecule has 1 aliphatic heterocycles. The smallest absolute Gasteiger partial charge is 0.257 e. The Bertz CT molecular complexity index is 1060. The Morgan fingerprint density at radius 1 is 0.897 bits per heavy atom. The van der Waals surface area contributed by atoms with Crippen LogP contribution in [0.1, 0.15) is 34.0 Å². The monoisotopic (exact) mass is 414 g/mol. The first-order chi connectivity index (χ1) is 13.4. The highest BCUT2D eigenvalue weighted by Gasteiger charge is 2.38. The fourth-order valence-corrected chi connectivity index (χ4v) is 3.69. The van der Waals surface area contributed by atoms with Crippen molar-refractivity contribution in [3.63, 3.8) is 0 Å². The van der Waals surface area contributed by atoms with Gasteiger partial charge >= 0.3 is 12.4 Å². The van der Waals surface area contributed by atoms with Crippen LogP contribution in [0.3, 0.4) is 0 Å². The van der Waals surface area contributed by atoms with Gasteiger partial charge in [0, 0.05) is 5.56 Å². The first-order valence-corrected chi connectivity index (χ1v) is 8.58. The maximum Gasteiger partial charge on any atom is 0.416 e. The molecule has 9 heteroatoms. The number of alkyl halides is 6. The first kappa shape index (κ1) is 19.5. The number of nitrogens with zero attached hydrogens (tertiary/aromatic N) is 2. The molecule has 2 aromatic carbocycles. The summed E-state index contributed by atoms with van der Waals surface area (Å²) in [5.41, 5.74) is -0.509. The molecule has 0 bridgehead atoms. The summed E-state index contributed by atoms with van der Waals surface area (Å²) >= 11 is 0. The van der Waals surface area contributed by atoms with Crippen LogP contribution in [0.15, 0.2) is 42.5 Å². The molecule has 0 N–H and O–H groups in total. The van der Waals surface area contributed by atoms with Gasteiger partial charge in [0.25, 0.3) is 0 Å². The van der Waals surface area contributed by atoms with E-state index in [1.54, 1.807) is 13.0 Å². The minimum Gasteiger partial charge on any atom is -0.257 e. The Labute approximate surface area is 160 Å². The van der Waals surface area contributed by atoms with Crippen molar-refractivity contribution in [3.8, 4) is 11.3 Å². The summed E-state index contributed by atoms with van der Waals surface area (Å²) in [6, 6.07) is 6.53. The molecule has 0 saturated heterocycles. The van der Waals surface area contributed by atoms with Crippen molar-refractivity contribution in [2.45, 2.75) is 31.7 Å². The molecule has 29 heavy (non-hydrogen) atoms. The quantitative estimate of drug-likeness (QED) is 0.458. The summed E-state index contributed by atoms with van der Waals surface area (Å²) in [5.74, 6) is -0.545. The van der Waals surface area contributed by atoms with Crippen molar-refractivity contribution < 1.29 is 30.7 Å². The number of hydrogen-bond acceptors (Lipinski definition) is 1. The van der Waals surface area contributed by atoms with E-state index in [0.29, 0.717) is 34.6 Å². The summed E-state index contributed by atoms with van der Waals surface area (Å²) in [5, 5.41) is 4.31. The maximum absolute atomic E-state index is 13.8. The second-order valence-electron chi connectivity index (χ2n) is 6.98. The second-order valence-corrected chi connectivity index (χ2v) is 6.98. The highest BCUT2D eigenvalue weighted by Crippen LogP contribution is 2.43. The predicted molar refractivity (Wildman–Crippen MR) is 90.6 cm³/mol. The van der Waals surface area contributed by atoms with Gasteiger partial charge in [-0.05, 0) is 66.9 Å². The van der Waals surface area contributed by atoms with Crippen LogP contribution in [0, 0.1) is 12.7 Å². The van der Waals surface area contributed by atoms with E-state index in [1.807, 2.05) is 0 Å². The summed E-state index contributed by atoms with van der Waals surface area (Å²) < 4.78 is 94.2. The number of rotatable bonds is 2. The van der Waals surface area contributed by atoms with Crippen LogP contribution < -0.4 is 0 Å². The van der Waals surface area contributed by atoms with Gasteiger partial charge in [0.05, 0.1) is 28.6 Å². The Balaban J connectivity index is 1.83. The van der Waals surface area contributed by atoms with E-state index >= 15 is 0 Å². The highest BCUT2D eigenvalue weighted by molar-refractivity contribution is 5.70. The van der Waals surface area contributed by atoms with Crippen LogP contribution in [0.2, 0.25) is 0 Å². The molecule has 0 radical (unpaired) electrons. The lowest BCUT2D eigenvalue weighted by molar-refractivity contribution is -0.143. The lowest BCUT2D eigenvalue weighted by Crippen LogP contribution is -2.15. The Hall–Kier alpha value is -2.84. The molecule has 2 heterocycles. The van der Waals surface area contributed by atoms with Crippen molar-refractivity contribution in [2.75, 3.05) is 0 Å². The standard InChI is InChI=1S/C20H13F7N2/c1-10-4-17-15-3-2-14(21)9-16(15)18(29(17)28-10)7-11-5-12(19(22,23)24)8-13(6-11)20(25,26)27/h2-6,8-9,18H,7H2,1H3. The number of aryl methyl sites for hydroxylation is 1. The molecule has 0 fully saturated rings. The molecule has 1 atom stereocenters. The van der Waals surface area contributed by atoms with Gasteiger partial charge in [-0.2, -0.15) is 31.4 Å². The summed E-state index contributed by atoms with van der Waals surface area (Å²) in [6.45, 7) is 1.72. The van der Waals surface area contributed by atoms with Gasteiger partial charge < -0.3 is 0 Å². The van der Waals surface area contributed by atoms with Crippen molar-refractivity contribution in [1.29, 1.82) is 0 Å². The van der Waals surface area contributed by atoms with Gasteiger partial charge in [-0.15, -0.1) is 0 Å². The summed E-state index contributed by atoms with van der Waals surface area (Å²) in [4.78, 5) is 0. The average Bonchev–Trinajstić information content (AvgIpc) is 3.10. The van der Waals surface area contributed by atoms with Crippen LogP contribution in [0.5, 0.6) is 0 Å². The second kappa shape index (κ2) is 6.33. The average molecular weight is 414 g/mol. The largest absolute Gasteiger partial charge is 0.416 e. The van der Waals surface area contributed by atoms with Crippen LogP contribution >= 0.6 is 0 Å². The number of halogens is 7. The molecule has 0 spiro atoms. The number of aromatic nitrogens is 2. The van der Waals surface area contributed by atoms with Crippen molar-refractivity contribution in [1.82, 2.24) is 9.78 Å². The fourth-order valence-electron chi connectivity index (χ4n) is 3.69. The fraction of sp³-hybridized carbons (Fsp3) is 0.250. The molecule has 0 saturated carbocycles. The van der Waals surface area contributed by atoms with Gasteiger partial charge in [-0.25, -0.2) is 4.39 Å². The number of fused-ring (bicyclic) bond motifs is 3. The summed E-state index contributed by atoms with van der Waals surface area (Å²) in [6.07, 6.45) is -10.1. The minimum absolute atomic E-state index is 0.0925. The Kier molecular flexibility index (Phi) is 4.25. The minimum atomic E-state index is -4.93. The van der Waals surface area contributed by atoms with E-state index in [1.165, 1.54) is 22.9 Å². The van der Waals surface area contributed by atoms with Crippen molar-refractivity contribution in [3.05, 3.63) is 76.2 Å². The number of hydrogen-bond donors (Lipinski definition) is 0. The van der Waals surface area contributed by atoms with Crippen molar-refractivity contribution >= 4 is 0 Å². The molecule has 2 nitrogen and oxygen atoms in total. The van der Waals surface area contributed by atoms with Gasteiger partial charge in [-0.3, -0.25) is 4.68 Å². The zero-order valence-electron chi connectivity index (χ0n) is 14.9. The van der Waals surface area contributed by atoms with Crippen molar-refractivity contribution in [2.24, 2.45) is 0 Å². The predicted octanol–water partition coefficient (Wildman–Crippen LogP) is 6.18. The van der Waals surface area contributed by atoms with E-state index in [-0.39, 0.29) is 18.1 Å². The summed E-state index contributed by atoms with van der Waals surface area (Å²) in [7, 11) is 0. The maximum atomic E-state index is 13.8. The third kappa shape index (κ3) is 3.49. The zero-order chi connectivity index (χ0) is 21.1. The molecule has 1 aromatic heterocycles. The van der Waals surface area contributed by atoms with Gasteiger partial charge in [-0.1, -0.05) is 0 Å². The zero-order valence-corrected chi connectivity index (χ0v) is 14.9. The van der Waals surface area contributed by atoms with E-state index in [9.17, 15) is 30.7 Å². The van der Waals surface area contributed by atoms with Crippen LogP contribution in [0.25, 0.3) is 11.3 Å². The molecule has 0 amide bonds. The topological polar surface area (TPSA) is 17.8 Å². The van der Waals surface area contributed by atoms with E-state index in [2.05, 4.69) is 5.10 Å². The SMILES string of the molecule is Cc1cc2n(n1)C(Cc1cc(C(F)(F)F)cc(C(F)(F)F)c1)c1cc(F)ccc1-2. The van der Waals surface area contributed by atoms with Crippen LogP contribution in [0.4, 0.5) is 30.7 Å². The van der Waals surface area contributed by atoms with Gasteiger partial charge in [0.15, 0.2) is 0 Å². The van der Waals surface area contributed by atoms with Crippen LogP contribution in [-0.4, -0.2) is 9.78 Å². The van der Waals surface area contributed by atoms with E-state index in [0.717, 1.165) is 0 Å². The van der Waals surface area contributed by atoms with Crippen LogP contribution in [-0.2, 0) is 18.8 Å². The number of benzene rings is 2. The van der Waals surface area contributed by atoms with E-state index < -0.39 is 35.3 Å². The highest BCUT2D eigenvalue weighted by atomic mass is 19.4. The molecular formula is C20H13F7N2. The third-order valence-electron chi connectivity index (χ3n) is 4.88. The van der Waals surface area contributed by atoms with E-state index in [4.69, 9.17) is 0 Å². The van der Waals surface area contributed by atoms with Gasteiger partial charge in [0.1, 0.15) is 5.82 Å². The third-order valence-corrected chi connectivity index (χ3v) is 4.88. The first-order valence-electron chi connectivity index (χ1n) is 8.58. The molecule has 1 unspecified atom stereocenters. The van der Waals surface area contributed by atoms with Gasteiger partial charge in [0.2, 0.25) is 0 Å². The molecular weight excluding hydrogens is 401 g/mol. The Morgan fingerprint density at radius 3 is 2.10 bits per heavy atom. The molecule has 1 aliphatic rings. The Morgan fingerprint density at radius 2 is 1.52 bits per heavy atom. The molecule has 152 valence electrons.